The molecule has 7 heteroatoms. The van der Waals surface area contributed by atoms with Gasteiger partial charge in [-0.15, -0.1) is 11.3 Å². The molecule has 5 nitrogen and oxygen atoms in total. The lowest BCUT2D eigenvalue weighted by Crippen LogP contribution is -2.31. The van der Waals surface area contributed by atoms with Crippen molar-refractivity contribution in [3.63, 3.8) is 0 Å². The minimum absolute atomic E-state index is 0.00630. The number of benzene rings is 1. The van der Waals surface area contributed by atoms with E-state index in [1.54, 1.807) is 23.7 Å². The Hall–Kier alpha value is -2.48. The molecule has 3 N–H and O–H groups in total. The summed E-state index contributed by atoms with van der Waals surface area (Å²) in [5.74, 6) is 3.85. The van der Waals surface area contributed by atoms with E-state index in [-0.39, 0.29) is 6.04 Å². The van der Waals surface area contributed by atoms with Crippen LogP contribution < -0.4 is 11.1 Å². The Labute approximate surface area is 184 Å². The normalized spacial score (nSPS) is 14.4. The lowest BCUT2D eigenvalue weighted by Gasteiger charge is -2.16. The van der Waals surface area contributed by atoms with Gasteiger partial charge in [0.1, 0.15) is 10.6 Å². The van der Waals surface area contributed by atoms with Crippen LogP contribution in [0, 0.1) is 0 Å². The molecule has 0 saturated heterocycles. The Kier molecular flexibility index (Phi) is 5.66. The molecule has 4 aromatic rings. The smallest absolute Gasteiger partial charge is 0.163 e. The fourth-order valence-corrected chi connectivity index (χ4v) is 6.15. The Bertz CT molecular complexity index is 1140. The van der Waals surface area contributed by atoms with E-state index in [0.717, 1.165) is 46.4 Å². The van der Waals surface area contributed by atoms with Gasteiger partial charge in [0, 0.05) is 41.2 Å². The first-order chi connectivity index (χ1) is 14.8. The van der Waals surface area contributed by atoms with E-state index in [9.17, 15) is 0 Å². The van der Waals surface area contributed by atoms with Crippen molar-refractivity contribution in [2.24, 2.45) is 5.73 Å². The highest BCUT2D eigenvalue weighted by Crippen LogP contribution is 2.40. The summed E-state index contributed by atoms with van der Waals surface area (Å²) in [6, 6.07) is 14.3. The van der Waals surface area contributed by atoms with Crippen molar-refractivity contribution in [1.29, 1.82) is 0 Å². The van der Waals surface area contributed by atoms with Crippen LogP contribution in [-0.4, -0.2) is 33.3 Å². The zero-order valence-corrected chi connectivity index (χ0v) is 18.2. The largest absolute Gasteiger partial charge is 0.368 e. The number of aromatic nitrogens is 3. The molecular weight excluding hydrogens is 410 g/mol. The number of aryl methyl sites for hydroxylation is 1. The van der Waals surface area contributed by atoms with Crippen LogP contribution in [0.25, 0.3) is 21.6 Å². The number of hydrogen-bond acceptors (Lipinski definition) is 7. The first kappa shape index (κ1) is 19.5. The summed E-state index contributed by atoms with van der Waals surface area (Å²) in [7, 11) is 0. The van der Waals surface area contributed by atoms with E-state index in [1.165, 1.54) is 21.4 Å². The quantitative estimate of drug-likeness (QED) is 0.465. The summed E-state index contributed by atoms with van der Waals surface area (Å²) < 4.78 is 0. The number of pyridine rings is 1. The van der Waals surface area contributed by atoms with Gasteiger partial charge in [0.2, 0.25) is 0 Å². The maximum atomic E-state index is 6.45. The lowest BCUT2D eigenvalue weighted by atomic mass is 10.1. The maximum Gasteiger partial charge on any atom is 0.163 e. The molecule has 0 fully saturated rings. The average molecular weight is 434 g/mol. The number of hydrogen-bond donors (Lipinski definition) is 2. The van der Waals surface area contributed by atoms with E-state index in [2.05, 4.69) is 34.6 Å². The number of nitrogens with two attached hydrogens (primary N) is 1. The van der Waals surface area contributed by atoms with Crippen molar-refractivity contribution < 1.29 is 0 Å². The van der Waals surface area contributed by atoms with E-state index >= 15 is 0 Å². The van der Waals surface area contributed by atoms with Gasteiger partial charge in [-0.1, -0.05) is 30.3 Å². The molecule has 0 unspecified atom stereocenters. The highest BCUT2D eigenvalue weighted by Gasteiger charge is 2.22. The summed E-state index contributed by atoms with van der Waals surface area (Å²) in [6.07, 6.45) is 5.46. The third-order valence-electron chi connectivity index (χ3n) is 5.27. The SMILES string of the molecule is N[C@@H](CNc1nc(-c2ccncc2)nc2sc3c(c12)CCSC3)Cc1ccccc1. The van der Waals surface area contributed by atoms with Crippen LogP contribution in [0.2, 0.25) is 0 Å². The first-order valence-corrected chi connectivity index (χ1v) is 12.1. The second-order valence-electron chi connectivity index (χ2n) is 7.45. The Morgan fingerprint density at radius 2 is 1.90 bits per heavy atom. The molecule has 30 heavy (non-hydrogen) atoms. The second kappa shape index (κ2) is 8.71. The van der Waals surface area contributed by atoms with Gasteiger partial charge in [-0.2, -0.15) is 11.8 Å². The molecular formula is C23H23N5S2. The molecule has 0 amide bonds. The third-order valence-corrected chi connectivity index (χ3v) is 7.57. The summed E-state index contributed by atoms with van der Waals surface area (Å²) in [4.78, 5) is 16.4. The number of thioether (sulfide) groups is 1. The zero-order valence-electron chi connectivity index (χ0n) is 16.5. The molecule has 1 aliphatic rings. The predicted octanol–water partition coefficient (Wildman–Crippen LogP) is 4.52. The lowest BCUT2D eigenvalue weighted by molar-refractivity contribution is 0.698. The molecule has 5 rings (SSSR count). The number of nitrogens with one attached hydrogen (secondary N) is 1. The van der Waals surface area contributed by atoms with Gasteiger partial charge in [0.25, 0.3) is 0 Å². The third kappa shape index (κ3) is 4.05. The Morgan fingerprint density at radius 1 is 1.07 bits per heavy atom. The Morgan fingerprint density at radius 3 is 2.73 bits per heavy atom. The summed E-state index contributed by atoms with van der Waals surface area (Å²) in [6.45, 7) is 0.663. The topological polar surface area (TPSA) is 76.7 Å². The fraction of sp³-hybridized carbons (Fsp3) is 0.261. The van der Waals surface area contributed by atoms with Gasteiger partial charge in [-0.25, -0.2) is 9.97 Å². The highest BCUT2D eigenvalue weighted by atomic mass is 32.2. The summed E-state index contributed by atoms with van der Waals surface area (Å²) >= 11 is 3.79. The van der Waals surface area contributed by atoms with Crippen molar-refractivity contribution in [3.8, 4) is 11.4 Å². The monoisotopic (exact) mass is 433 g/mol. The minimum Gasteiger partial charge on any atom is -0.368 e. The van der Waals surface area contributed by atoms with Crippen LogP contribution in [0.4, 0.5) is 5.82 Å². The highest BCUT2D eigenvalue weighted by molar-refractivity contribution is 7.98. The van der Waals surface area contributed by atoms with Crippen molar-refractivity contribution >= 4 is 39.1 Å². The molecule has 0 bridgehead atoms. The van der Waals surface area contributed by atoms with E-state index in [0.29, 0.717) is 6.54 Å². The van der Waals surface area contributed by atoms with Gasteiger partial charge in [-0.05, 0) is 41.9 Å². The van der Waals surface area contributed by atoms with Crippen LogP contribution in [0.5, 0.6) is 0 Å². The molecule has 0 saturated carbocycles. The standard InChI is InChI=1S/C23H23N5S2/c24-17(12-15-4-2-1-3-5-15)13-26-22-20-18-8-11-29-14-19(18)30-23(20)28-21(27-22)16-6-9-25-10-7-16/h1-7,9-10,17H,8,11-14,24H2,(H,26,27,28)/t17-/m1/s1. The molecule has 0 spiro atoms. The van der Waals surface area contributed by atoms with Crippen LogP contribution in [0.15, 0.2) is 54.9 Å². The van der Waals surface area contributed by atoms with Crippen molar-refractivity contribution in [1.82, 2.24) is 15.0 Å². The van der Waals surface area contributed by atoms with Crippen LogP contribution in [0.3, 0.4) is 0 Å². The second-order valence-corrected chi connectivity index (χ2v) is 9.64. The molecule has 3 aromatic heterocycles. The van der Waals surface area contributed by atoms with Crippen molar-refractivity contribution in [2.75, 3.05) is 17.6 Å². The minimum atomic E-state index is 0.00630. The molecule has 4 heterocycles. The number of thiophene rings is 1. The van der Waals surface area contributed by atoms with Gasteiger partial charge >= 0.3 is 0 Å². The maximum absolute atomic E-state index is 6.45. The number of fused-ring (bicyclic) bond motifs is 3. The number of rotatable bonds is 6. The van der Waals surface area contributed by atoms with Crippen molar-refractivity contribution in [3.05, 3.63) is 70.9 Å². The van der Waals surface area contributed by atoms with Crippen LogP contribution in [0.1, 0.15) is 16.0 Å². The Balaban J connectivity index is 1.48. The van der Waals surface area contributed by atoms with Gasteiger partial charge in [0.15, 0.2) is 5.82 Å². The number of nitrogens with zero attached hydrogens (tertiary/aromatic N) is 3. The van der Waals surface area contributed by atoms with Crippen molar-refractivity contribution in [2.45, 2.75) is 24.6 Å². The molecule has 0 radical (unpaired) electrons. The van der Waals surface area contributed by atoms with Gasteiger partial charge in [0.05, 0.1) is 5.39 Å². The molecule has 1 aromatic carbocycles. The van der Waals surface area contributed by atoms with Crippen LogP contribution in [-0.2, 0) is 18.6 Å². The molecule has 152 valence electrons. The van der Waals surface area contributed by atoms with E-state index < -0.39 is 0 Å². The first-order valence-electron chi connectivity index (χ1n) is 10.1. The van der Waals surface area contributed by atoms with E-state index in [1.807, 2.05) is 30.0 Å². The zero-order chi connectivity index (χ0) is 20.3. The summed E-state index contributed by atoms with van der Waals surface area (Å²) in [5, 5.41) is 4.74. The molecule has 0 aliphatic carbocycles. The van der Waals surface area contributed by atoms with Gasteiger partial charge < -0.3 is 11.1 Å². The van der Waals surface area contributed by atoms with E-state index in [4.69, 9.17) is 15.7 Å². The molecule has 1 aliphatic heterocycles. The average Bonchev–Trinajstić information content (AvgIpc) is 3.17. The van der Waals surface area contributed by atoms with Gasteiger partial charge in [-0.3, -0.25) is 4.98 Å². The fourth-order valence-electron chi connectivity index (χ4n) is 3.80. The predicted molar refractivity (Wildman–Crippen MR) is 127 cm³/mol. The summed E-state index contributed by atoms with van der Waals surface area (Å²) in [5.41, 5.74) is 10.1. The number of anilines is 1. The molecule has 1 atom stereocenters. The van der Waals surface area contributed by atoms with Crippen LogP contribution >= 0.6 is 23.1 Å².